The highest BCUT2D eigenvalue weighted by Crippen LogP contribution is 2.41. The predicted molar refractivity (Wildman–Crippen MR) is 155 cm³/mol. The largest absolute Gasteiger partial charge is 0.507 e. The van der Waals surface area contributed by atoms with Gasteiger partial charge < -0.3 is 24.4 Å². The van der Waals surface area contributed by atoms with Crippen molar-refractivity contribution in [2.45, 2.75) is 45.8 Å². The van der Waals surface area contributed by atoms with Gasteiger partial charge in [0.05, 0.1) is 11.6 Å². The van der Waals surface area contributed by atoms with Crippen LogP contribution in [-0.2, 0) is 16.0 Å². The van der Waals surface area contributed by atoms with Crippen LogP contribution in [0, 0.1) is 0 Å². The van der Waals surface area contributed by atoms with Gasteiger partial charge in [-0.05, 0) is 86.6 Å². The van der Waals surface area contributed by atoms with Crippen LogP contribution < -0.4 is 9.47 Å². The minimum Gasteiger partial charge on any atom is -0.507 e. The summed E-state index contributed by atoms with van der Waals surface area (Å²) in [5.41, 5.74) is 2.27. The van der Waals surface area contributed by atoms with Crippen molar-refractivity contribution in [1.29, 1.82) is 0 Å². The van der Waals surface area contributed by atoms with E-state index >= 15 is 0 Å². The molecule has 2 aliphatic heterocycles. The first-order chi connectivity index (χ1) is 19.4. The quantitative estimate of drug-likeness (QED) is 0.194. The molecule has 0 aromatic heterocycles. The number of benzene rings is 3. The molecule has 208 valence electrons. The fraction of sp³-hybridized carbons (Fsp3) is 0.333. The van der Waals surface area contributed by atoms with Gasteiger partial charge >= 0.3 is 0 Å². The molecule has 1 fully saturated rings. The van der Waals surface area contributed by atoms with Gasteiger partial charge in [0.15, 0.2) is 0 Å². The first-order valence-electron chi connectivity index (χ1n) is 14.0. The van der Waals surface area contributed by atoms with Crippen LogP contribution in [-0.4, -0.2) is 58.9 Å². The molecular formula is C33H36N2O5. The van der Waals surface area contributed by atoms with Gasteiger partial charge in [-0.3, -0.25) is 9.59 Å². The smallest absolute Gasteiger partial charge is 0.295 e. The van der Waals surface area contributed by atoms with Crippen molar-refractivity contribution in [2.24, 2.45) is 0 Å². The van der Waals surface area contributed by atoms with Gasteiger partial charge in [0, 0.05) is 18.5 Å². The number of ketones is 1. The Morgan fingerprint density at radius 3 is 2.50 bits per heavy atom. The van der Waals surface area contributed by atoms with Crippen LogP contribution in [0.1, 0.15) is 49.9 Å². The zero-order valence-electron chi connectivity index (χ0n) is 23.3. The maximum absolute atomic E-state index is 13.5. The number of amides is 1. The Balaban J connectivity index is 1.54. The minimum atomic E-state index is -0.737. The number of rotatable bonds is 10. The molecule has 2 heterocycles. The van der Waals surface area contributed by atoms with Gasteiger partial charge in [-0.2, -0.15) is 0 Å². The Bertz CT molecular complexity index is 1410. The normalized spacial score (nSPS) is 19.6. The first-order valence-corrected chi connectivity index (χ1v) is 14.0. The van der Waals surface area contributed by atoms with Crippen LogP contribution in [0.5, 0.6) is 17.2 Å². The highest BCUT2D eigenvalue weighted by Gasteiger charge is 2.46. The van der Waals surface area contributed by atoms with Crippen LogP contribution in [0.3, 0.4) is 0 Å². The predicted octanol–water partition coefficient (Wildman–Crippen LogP) is 5.96. The third-order valence-corrected chi connectivity index (χ3v) is 7.63. The van der Waals surface area contributed by atoms with Crippen LogP contribution in [0.15, 0.2) is 78.4 Å². The number of aliphatic hydroxyl groups is 1. The second-order valence-electron chi connectivity index (χ2n) is 10.3. The number of carbonyl (C=O) groups excluding carboxylic acids is 2. The molecule has 2 atom stereocenters. The fourth-order valence-corrected chi connectivity index (χ4v) is 5.56. The number of nitrogens with zero attached hydrogens (tertiary/aromatic N) is 2. The molecule has 3 aromatic carbocycles. The van der Waals surface area contributed by atoms with E-state index < -0.39 is 17.7 Å². The van der Waals surface area contributed by atoms with Crippen molar-refractivity contribution in [1.82, 2.24) is 9.80 Å². The molecule has 0 radical (unpaired) electrons. The summed E-state index contributed by atoms with van der Waals surface area (Å²) in [6.45, 7) is 9.24. The molecule has 5 rings (SSSR count). The van der Waals surface area contributed by atoms with E-state index in [1.54, 1.807) is 11.0 Å². The third-order valence-electron chi connectivity index (χ3n) is 7.63. The fourth-order valence-electron chi connectivity index (χ4n) is 5.56. The lowest BCUT2D eigenvalue weighted by Crippen LogP contribution is -2.33. The van der Waals surface area contributed by atoms with E-state index in [0.717, 1.165) is 37.4 Å². The summed E-state index contributed by atoms with van der Waals surface area (Å²) in [7, 11) is 0. The molecule has 1 saturated heterocycles. The SMILES string of the molecule is CCN(CC)CCCN1C(=O)C(=O)C(=C(O)c2ccc3c(c2)C[C@@H](C)O3)[C@H]1c1cccc(Oc2ccccc2)c1. The van der Waals surface area contributed by atoms with E-state index in [1.807, 2.05) is 73.7 Å². The van der Waals surface area contributed by atoms with Crippen LogP contribution in [0.2, 0.25) is 0 Å². The van der Waals surface area contributed by atoms with Crippen LogP contribution >= 0.6 is 0 Å². The Labute approximate surface area is 235 Å². The molecule has 0 saturated carbocycles. The third kappa shape index (κ3) is 5.61. The van der Waals surface area contributed by atoms with Crippen molar-refractivity contribution >= 4 is 17.4 Å². The zero-order chi connectivity index (χ0) is 28.2. The second-order valence-corrected chi connectivity index (χ2v) is 10.3. The molecule has 1 amide bonds. The topological polar surface area (TPSA) is 79.3 Å². The molecule has 0 unspecified atom stereocenters. The summed E-state index contributed by atoms with van der Waals surface area (Å²) in [6.07, 6.45) is 1.48. The summed E-state index contributed by atoms with van der Waals surface area (Å²) in [5, 5.41) is 11.5. The van der Waals surface area contributed by atoms with Crippen molar-refractivity contribution in [3.63, 3.8) is 0 Å². The Morgan fingerprint density at radius 1 is 1.00 bits per heavy atom. The summed E-state index contributed by atoms with van der Waals surface area (Å²) in [5.74, 6) is 0.599. The lowest BCUT2D eigenvalue weighted by molar-refractivity contribution is -0.140. The van der Waals surface area contributed by atoms with E-state index in [-0.39, 0.29) is 17.4 Å². The van der Waals surface area contributed by atoms with E-state index in [2.05, 4.69) is 18.7 Å². The number of carbonyl (C=O) groups is 2. The molecule has 2 aliphatic rings. The minimum absolute atomic E-state index is 0.0520. The molecule has 0 bridgehead atoms. The van der Waals surface area contributed by atoms with Crippen molar-refractivity contribution in [2.75, 3.05) is 26.2 Å². The van der Waals surface area contributed by atoms with Crippen molar-refractivity contribution in [3.8, 4) is 17.2 Å². The average Bonchev–Trinajstić information content (AvgIpc) is 3.46. The van der Waals surface area contributed by atoms with E-state index in [0.29, 0.717) is 35.6 Å². The molecule has 1 N–H and O–H groups in total. The summed E-state index contributed by atoms with van der Waals surface area (Å²) < 4.78 is 11.9. The molecule has 0 spiro atoms. The van der Waals surface area contributed by atoms with Gasteiger partial charge in [0.2, 0.25) is 0 Å². The van der Waals surface area contributed by atoms with Gasteiger partial charge in [-0.25, -0.2) is 0 Å². The number of hydrogen-bond donors (Lipinski definition) is 1. The first kappa shape index (κ1) is 27.5. The number of hydrogen-bond acceptors (Lipinski definition) is 6. The van der Waals surface area contributed by atoms with Crippen molar-refractivity contribution < 1.29 is 24.2 Å². The number of Topliss-reactive ketones (excluding diaryl/α,β-unsaturated/α-hetero) is 1. The molecule has 7 heteroatoms. The average molecular weight is 541 g/mol. The Hall–Kier alpha value is -4.10. The number of ether oxygens (including phenoxy) is 2. The summed E-state index contributed by atoms with van der Waals surface area (Å²) in [6, 6.07) is 21.5. The van der Waals surface area contributed by atoms with Gasteiger partial charge in [-0.15, -0.1) is 0 Å². The lowest BCUT2D eigenvalue weighted by atomic mass is 9.94. The monoisotopic (exact) mass is 540 g/mol. The van der Waals surface area contributed by atoms with Gasteiger partial charge in [0.1, 0.15) is 29.1 Å². The van der Waals surface area contributed by atoms with Crippen LogP contribution in [0.4, 0.5) is 0 Å². The highest BCUT2D eigenvalue weighted by atomic mass is 16.5. The molecule has 3 aromatic rings. The molecule has 40 heavy (non-hydrogen) atoms. The summed E-state index contributed by atoms with van der Waals surface area (Å²) >= 11 is 0. The molecular weight excluding hydrogens is 504 g/mol. The second kappa shape index (κ2) is 12.0. The highest BCUT2D eigenvalue weighted by molar-refractivity contribution is 6.46. The van der Waals surface area contributed by atoms with E-state index in [1.165, 1.54) is 0 Å². The Morgan fingerprint density at radius 2 is 1.75 bits per heavy atom. The van der Waals surface area contributed by atoms with Gasteiger partial charge in [-0.1, -0.05) is 44.2 Å². The number of para-hydroxylation sites is 1. The van der Waals surface area contributed by atoms with E-state index in [4.69, 9.17) is 9.47 Å². The van der Waals surface area contributed by atoms with Crippen LogP contribution in [0.25, 0.3) is 5.76 Å². The maximum atomic E-state index is 13.5. The maximum Gasteiger partial charge on any atom is 0.295 e. The van der Waals surface area contributed by atoms with Crippen molar-refractivity contribution in [3.05, 3.63) is 95.1 Å². The number of likely N-dealkylation sites (tertiary alicyclic amines) is 1. The van der Waals surface area contributed by atoms with Gasteiger partial charge in [0.25, 0.3) is 11.7 Å². The lowest BCUT2D eigenvalue weighted by Gasteiger charge is -2.27. The number of fused-ring (bicyclic) bond motifs is 1. The standard InChI is InChI=1S/C33H36N2O5/c1-4-34(5-2)17-10-18-35-30(23-11-9-14-27(21-23)40-26-12-7-6-8-13-26)29(32(37)33(35)38)31(36)24-15-16-28-25(20-24)19-22(3)39-28/h6-9,11-16,20-22,30,36H,4-5,10,17-19H2,1-3H3/t22-,30-/m1/s1. The summed E-state index contributed by atoms with van der Waals surface area (Å²) in [4.78, 5) is 30.8. The Kier molecular flexibility index (Phi) is 8.21. The van der Waals surface area contributed by atoms with E-state index in [9.17, 15) is 14.7 Å². The zero-order valence-corrected chi connectivity index (χ0v) is 23.3. The number of aliphatic hydroxyl groups excluding tert-OH is 1. The molecule has 0 aliphatic carbocycles. The molecule has 7 nitrogen and oxygen atoms in total.